The van der Waals surface area contributed by atoms with Gasteiger partial charge in [0.15, 0.2) is 5.15 Å². The molecule has 0 amide bonds. The van der Waals surface area contributed by atoms with Crippen molar-refractivity contribution in [2.75, 3.05) is 0 Å². The molecule has 2 heterocycles. The normalized spacial score (nSPS) is 11.0. The number of aromatic nitrogens is 3. The molecule has 0 radical (unpaired) electrons. The second-order valence-corrected chi connectivity index (χ2v) is 3.80. The number of fused-ring (bicyclic) bond motifs is 1. The van der Waals surface area contributed by atoms with Crippen LogP contribution in [-0.2, 0) is 6.54 Å². The molecule has 0 spiro atoms. The molecule has 0 aliphatic heterocycles. The van der Waals surface area contributed by atoms with E-state index in [9.17, 15) is 0 Å². The van der Waals surface area contributed by atoms with Crippen molar-refractivity contribution in [2.45, 2.75) is 13.5 Å². The second kappa shape index (κ2) is 3.27. The molecule has 0 fully saturated rings. The van der Waals surface area contributed by atoms with Crippen molar-refractivity contribution in [2.24, 2.45) is 0 Å². The predicted octanol–water partition coefficient (Wildman–Crippen LogP) is 2.87. The largest absolute Gasteiger partial charge is 0.328 e. The Labute approximate surface area is 88.9 Å². The van der Waals surface area contributed by atoms with Gasteiger partial charge in [0, 0.05) is 6.54 Å². The smallest absolute Gasteiger partial charge is 0.156 e. The maximum Gasteiger partial charge on any atom is 0.156 e. The zero-order valence-corrected chi connectivity index (χ0v) is 9.30. The number of pyridine rings is 1. The third-order valence-corrected chi connectivity index (χ3v) is 2.53. The number of nitrogens with zero attached hydrogens (tertiary/aromatic N) is 3. The minimum atomic E-state index is 0.490. The average Bonchev–Trinajstić information content (AvgIpc) is 2.47. The highest BCUT2D eigenvalue weighted by atomic mass is 79.9. The van der Waals surface area contributed by atoms with Crippen molar-refractivity contribution in [1.82, 2.24) is 14.5 Å². The first-order valence-corrected chi connectivity index (χ1v) is 5.06. The Bertz CT molecular complexity index is 452. The van der Waals surface area contributed by atoms with Crippen molar-refractivity contribution in [3.8, 4) is 0 Å². The standard InChI is InChI=1S/C8H7BrClN3/c1-2-13-4-11-5-3-6(9)12-8(10)7(5)13/h3-4H,2H2,1H3. The summed E-state index contributed by atoms with van der Waals surface area (Å²) < 4.78 is 2.68. The molecular weight excluding hydrogens is 253 g/mol. The Balaban J connectivity index is 2.82. The van der Waals surface area contributed by atoms with E-state index >= 15 is 0 Å². The van der Waals surface area contributed by atoms with Crippen LogP contribution in [0.25, 0.3) is 11.0 Å². The van der Waals surface area contributed by atoms with Gasteiger partial charge in [-0.25, -0.2) is 9.97 Å². The number of hydrogen-bond acceptors (Lipinski definition) is 2. The molecule has 13 heavy (non-hydrogen) atoms. The first-order chi connectivity index (χ1) is 6.22. The molecule has 2 rings (SSSR count). The zero-order valence-electron chi connectivity index (χ0n) is 6.96. The van der Waals surface area contributed by atoms with Crippen LogP contribution in [0.15, 0.2) is 17.0 Å². The summed E-state index contributed by atoms with van der Waals surface area (Å²) in [6.07, 6.45) is 1.77. The van der Waals surface area contributed by atoms with Crippen molar-refractivity contribution >= 4 is 38.6 Å². The van der Waals surface area contributed by atoms with Crippen molar-refractivity contribution in [1.29, 1.82) is 0 Å². The van der Waals surface area contributed by atoms with Crippen molar-refractivity contribution in [3.05, 3.63) is 22.1 Å². The van der Waals surface area contributed by atoms with Gasteiger partial charge in [-0.05, 0) is 28.9 Å². The SMILES string of the molecule is CCn1cnc2cc(Br)nc(Cl)c21. The number of imidazole rings is 1. The van der Waals surface area contributed by atoms with Crippen LogP contribution in [0, 0.1) is 0 Å². The van der Waals surface area contributed by atoms with Gasteiger partial charge in [0.25, 0.3) is 0 Å². The van der Waals surface area contributed by atoms with E-state index in [1.165, 1.54) is 0 Å². The molecule has 0 saturated heterocycles. The van der Waals surface area contributed by atoms with Crippen LogP contribution in [0.4, 0.5) is 0 Å². The second-order valence-electron chi connectivity index (χ2n) is 2.63. The van der Waals surface area contributed by atoms with Crippen LogP contribution in [0.5, 0.6) is 0 Å². The van der Waals surface area contributed by atoms with Crippen molar-refractivity contribution < 1.29 is 0 Å². The zero-order chi connectivity index (χ0) is 9.42. The van der Waals surface area contributed by atoms with E-state index < -0.39 is 0 Å². The molecule has 2 aromatic heterocycles. The Hall–Kier alpha value is -0.610. The molecule has 68 valence electrons. The fraction of sp³-hybridized carbons (Fsp3) is 0.250. The van der Waals surface area contributed by atoms with Gasteiger partial charge in [0.1, 0.15) is 10.1 Å². The van der Waals surface area contributed by atoms with Gasteiger partial charge in [0.2, 0.25) is 0 Å². The van der Waals surface area contributed by atoms with Gasteiger partial charge < -0.3 is 4.57 Å². The first-order valence-electron chi connectivity index (χ1n) is 3.89. The Morgan fingerprint density at radius 3 is 3.08 bits per heavy atom. The molecule has 5 heteroatoms. The highest BCUT2D eigenvalue weighted by Gasteiger charge is 2.07. The minimum Gasteiger partial charge on any atom is -0.328 e. The molecule has 3 nitrogen and oxygen atoms in total. The van der Waals surface area contributed by atoms with Crippen LogP contribution >= 0.6 is 27.5 Å². The summed E-state index contributed by atoms with van der Waals surface area (Å²) in [6, 6.07) is 1.85. The van der Waals surface area contributed by atoms with Gasteiger partial charge in [-0.1, -0.05) is 11.6 Å². The average molecular weight is 261 g/mol. The molecule has 0 aliphatic carbocycles. The lowest BCUT2D eigenvalue weighted by atomic mass is 10.4. The van der Waals surface area contributed by atoms with Gasteiger partial charge in [-0.3, -0.25) is 0 Å². The molecule has 0 N–H and O–H groups in total. The maximum absolute atomic E-state index is 5.99. The third-order valence-electron chi connectivity index (χ3n) is 1.86. The van der Waals surface area contributed by atoms with Gasteiger partial charge in [-0.15, -0.1) is 0 Å². The Morgan fingerprint density at radius 2 is 2.38 bits per heavy atom. The van der Waals surface area contributed by atoms with Crippen LogP contribution in [0.2, 0.25) is 5.15 Å². The van der Waals surface area contributed by atoms with E-state index in [-0.39, 0.29) is 0 Å². The summed E-state index contributed by atoms with van der Waals surface area (Å²) in [7, 11) is 0. The topological polar surface area (TPSA) is 30.7 Å². The number of hydrogen-bond donors (Lipinski definition) is 0. The summed E-state index contributed by atoms with van der Waals surface area (Å²) in [5.74, 6) is 0. The minimum absolute atomic E-state index is 0.490. The lowest BCUT2D eigenvalue weighted by Crippen LogP contribution is -1.92. The lowest BCUT2D eigenvalue weighted by molar-refractivity contribution is 0.786. The van der Waals surface area contributed by atoms with Gasteiger partial charge >= 0.3 is 0 Å². The van der Waals surface area contributed by atoms with E-state index in [1.54, 1.807) is 6.33 Å². The molecule has 2 aromatic rings. The van der Waals surface area contributed by atoms with Crippen molar-refractivity contribution in [3.63, 3.8) is 0 Å². The van der Waals surface area contributed by atoms with Gasteiger partial charge in [0.05, 0.1) is 11.8 Å². The van der Waals surface area contributed by atoms with E-state index in [2.05, 4.69) is 25.9 Å². The quantitative estimate of drug-likeness (QED) is 0.738. The predicted molar refractivity (Wildman–Crippen MR) is 55.9 cm³/mol. The van der Waals surface area contributed by atoms with E-state index in [0.717, 1.165) is 17.6 Å². The number of aryl methyl sites for hydroxylation is 1. The summed E-state index contributed by atoms with van der Waals surface area (Å²) >= 11 is 9.26. The molecule has 0 unspecified atom stereocenters. The number of rotatable bonds is 1. The first kappa shape index (κ1) is 8.97. The van der Waals surface area contributed by atoms with Gasteiger partial charge in [-0.2, -0.15) is 0 Å². The molecule has 0 saturated carbocycles. The molecule has 0 bridgehead atoms. The molecule has 0 aromatic carbocycles. The summed E-state index contributed by atoms with van der Waals surface area (Å²) in [4.78, 5) is 8.32. The van der Waals surface area contributed by atoms with E-state index in [0.29, 0.717) is 9.76 Å². The fourth-order valence-electron chi connectivity index (χ4n) is 1.26. The Morgan fingerprint density at radius 1 is 1.62 bits per heavy atom. The number of halogens is 2. The fourth-order valence-corrected chi connectivity index (χ4v) is 2.05. The lowest BCUT2D eigenvalue weighted by Gasteiger charge is -2.00. The van der Waals surface area contributed by atoms with Crippen LogP contribution in [0.1, 0.15) is 6.92 Å². The highest BCUT2D eigenvalue weighted by molar-refractivity contribution is 9.10. The van der Waals surface area contributed by atoms with Crippen LogP contribution in [-0.4, -0.2) is 14.5 Å². The highest BCUT2D eigenvalue weighted by Crippen LogP contribution is 2.23. The summed E-state index contributed by atoms with van der Waals surface area (Å²) in [5.41, 5.74) is 1.76. The summed E-state index contributed by atoms with van der Waals surface area (Å²) in [6.45, 7) is 2.89. The molecular formula is C8H7BrClN3. The Kier molecular flexibility index (Phi) is 2.26. The molecule has 0 aliphatic rings. The van der Waals surface area contributed by atoms with Crippen LogP contribution in [0.3, 0.4) is 0 Å². The third kappa shape index (κ3) is 1.44. The monoisotopic (exact) mass is 259 g/mol. The van der Waals surface area contributed by atoms with E-state index in [1.807, 2.05) is 17.6 Å². The van der Waals surface area contributed by atoms with Crippen LogP contribution < -0.4 is 0 Å². The maximum atomic E-state index is 5.99. The van der Waals surface area contributed by atoms with E-state index in [4.69, 9.17) is 11.6 Å². The molecule has 0 atom stereocenters. The summed E-state index contributed by atoms with van der Waals surface area (Å²) in [5, 5.41) is 0.490.